The predicted octanol–water partition coefficient (Wildman–Crippen LogP) is 6.68. The SMILES string of the molecule is CCCCCCCCCCCOCC(COP(=O)(O)OCCN)OC(=O)CCCCCCCCC. The summed E-state index contributed by atoms with van der Waals surface area (Å²) in [4.78, 5) is 22.0. The number of rotatable bonds is 27. The van der Waals surface area contributed by atoms with Gasteiger partial charge in [-0.3, -0.25) is 13.8 Å². The van der Waals surface area contributed by atoms with E-state index >= 15 is 0 Å². The van der Waals surface area contributed by atoms with Crippen molar-refractivity contribution in [1.82, 2.24) is 0 Å². The molecule has 0 aromatic heterocycles. The molecule has 0 radical (unpaired) electrons. The van der Waals surface area contributed by atoms with Crippen LogP contribution < -0.4 is 5.73 Å². The normalized spacial score (nSPS) is 14.1. The number of nitrogens with two attached hydrogens (primary N) is 1. The third-order valence-electron chi connectivity index (χ3n) is 5.77. The smallest absolute Gasteiger partial charge is 0.457 e. The highest BCUT2D eigenvalue weighted by Gasteiger charge is 2.25. The molecule has 0 saturated heterocycles. The molecule has 0 heterocycles. The molecule has 0 bridgehead atoms. The second-order valence-electron chi connectivity index (χ2n) is 9.27. The molecule has 2 atom stereocenters. The minimum absolute atomic E-state index is 0.0917. The van der Waals surface area contributed by atoms with Crippen molar-refractivity contribution in [3.05, 3.63) is 0 Å². The first-order valence-corrected chi connectivity index (χ1v) is 15.5. The molecule has 0 saturated carbocycles. The van der Waals surface area contributed by atoms with Gasteiger partial charge >= 0.3 is 13.8 Å². The van der Waals surface area contributed by atoms with E-state index in [1.54, 1.807) is 0 Å². The van der Waals surface area contributed by atoms with E-state index in [1.807, 2.05) is 0 Å². The summed E-state index contributed by atoms with van der Waals surface area (Å²) in [5, 5.41) is 0. The lowest BCUT2D eigenvalue weighted by atomic mass is 10.1. The fourth-order valence-corrected chi connectivity index (χ4v) is 4.46. The Morgan fingerprint density at radius 3 is 1.80 bits per heavy atom. The fourth-order valence-electron chi connectivity index (χ4n) is 3.70. The quantitative estimate of drug-likeness (QED) is 0.0695. The van der Waals surface area contributed by atoms with Crippen LogP contribution in [0.5, 0.6) is 0 Å². The first-order valence-electron chi connectivity index (χ1n) is 14.0. The number of carbonyl (C=O) groups is 1. The van der Waals surface area contributed by atoms with Gasteiger partial charge in [0, 0.05) is 19.6 Å². The zero-order valence-corrected chi connectivity index (χ0v) is 23.4. The van der Waals surface area contributed by atoms with E-state index in [1.165, 1.54) is 70.6 Å². The van der Waals surface area contributed by atoms with E-state index < -0.39 is 13.9 Å². The van der Waals surface area contributed by atoms with Crippen molar-refractivity contribution >= 4 is 13.8 Å². The van der Waals surface area contributed by atoms with Crippen molar-refractivity contribution in [1.29, 1.82) is 0 Å². The van der Waals surface area contributed by atoms with Gasteiger partial charge < -0.3 is 20.1 Å². The van der Waals surface area contributed by atoms with Crippen LogP contribution in [0.4, 0.5) is 0 Å². The number of hydrogen-bond acceptors (Lipinski definition) is 7. The van der Waals surface area contributed by atoms with E-state index in [4.69, 9.17) is 24.3 Å². The topological polar surface area (TPSA) is 117 Å². The summed E-state index contributed by atoms with van der Waals surface area (Å²) < 4.78 is 32.8. The zero-order valence-electron chi connectivity index (χ0n) is 22.6. The van der Waals surface area contributed by atoms with Crippen molar-refractivity contribution in [3.63, 3.8) is 0 Å². The van der Waals surface area contributed by atoms with E-state index in [9.17, 15) is 14.3 Å². The Hall–Kier alpha value is -0.500. The van der Waals surface area contributed by atoms with Gasteiger partial charge in [-0.1, -0.05) is 104 Å². The molecule has 0 fully saturated rings. The van der Waals surface area contributed by atoms with Crippen LogP contribution in [0.2, 0.25) is 0 Å². The highest BCUT2D eigenvalue weighted by atomic mass is 31.2. The number of hydrogen-bond donors (Lipinski definition) is 2. The minimum atomic E-state index is -4.24. The summed E-state index contributed by atoms with van der Waals surface area (Å²) in [5.41, 5.74) is 5.30. The van der Waals surface area contributed by atoms with Gasteiger partial charge in [0.2, 0.25) is 0 Å². The number of phosphoric ester groups is 1. The highest BCUT2D eigenvalue weighted by Crippen LogP contribution is 2.43. The van der Waals surface area contributed by atoms with Gasteiger partial charge in [-0.15, -0.1) is 0 Å². The Morgan fingerprint density at radius 1 is 0.743 bits per heavy atom. The molecule has 0 aliphatic rings. The second kappa shape index (κ2) is 25.2. The summed E-state index contributed by atoms with van der Waals surface area (Å²) in [6, 6.07) is 0. The summed E-state index contributed by atoms with van der Waals surface area (Å²) >= 11 is 0. The summed E-state index contributed by atoms with van der Waals surface area (Å²) in [6.07, 6.45) is 18.4. The Balaban J connectivity index is 4.21. The monoisotopic (exact) mass is 523 g/mol. The molecular formula is C26H54NO7P. The van der Waals surface area contributed by atoms with Crippen LogP contribution in [0.1, 0.15) is 123 Å². The van der Waals surface area contributed by atoms with Crippen LogP contribution in [-0.4, -0.2) is 49.9 Å². The standard InChI is InChI=1S/C26H54NO7P/c1-3-5-7-9-11-12-14-16-18-21-31-23-25(24-33-35(29,30)32-22-20-27)34-26(28)19-17-15-13-10-8-6-4-2/h25H,3-24,27H2,1-2H3,(H,29,30). The average molecular weight is 524 g/mol. The lowest BCUT2D eigenvalue weighted by Crippen LogP contribution is -2.28. The Labute approximate surface area is 214 Å². The molecule has 0 aromatic rings. The molecular weight excluding hydrogens is 469 g/mol. The maximum Gasteiger partial charge on any atom is 0.472 e. The van der Waals surface area contributed by atoms with Crippen molar-refractivity contribution in [2.75, 3.05) is 33.0 Å². The Morgan fingerprint density at radius 2 is 1.26 bits per heavy atom. The maximum atomic E-state index is 12.3. The highest BCUT2D eigenvalue weighted by molar-refractivity contribution is 7.47. The summed E-state index contributed by atoms with van der Waals surface area (Å²) in [6.45, 7) is 4.85. The predicted molar refractivity (Wildman–Crippen MR) is 141 cm³/mol. The molecule has 0 spiro atoms. The van der Waals surface area contributed by atoms with Crippen molar-refractivity contribution in [2.45, 2.75) is 129 Å². The van der Waals surface area contributed by atoms with Crippen molar-refractivity contribution in [2.24, 2.45) is 5.73 Å². The van der Waals surface area contributed by atoms with Crippen LogP contribution in [0, 0.1) is 0 Å². The number of unbranched alkanes of at least 4 members (excludes halogenated alkanes) is 14. The average Bonchev–Trinajstić information content (AvgIpc) is 2.84. The molecule has 0 aliphatic carbocycles. The molecule has 0 amide bonds. The molecule has 35 heavy (non-hydrogen) atoms. The van der Waals surface area contributed by atoms with Gasteiger partial charge in [-0.25, -0.2) is 4.57 Å². The van der Waals surface area contributed by atoms with Crippen LogP contribution in [-0.2, 0) is 27.9 Å². The van der Waals surface area contributed by atoms with Gasteiger partial charge in [-0.05, 0) is 12.8 Å². The van der Waals surface area contributed by atoms with Gasteiger partial charge in [-0.2, -0.15) is 0 Å². The molecule has 0 aromatic carbocycles. The molecule has 3 N–H and O–H groups in total. The number of phosphoric acid groups is 1. The molecule has 8 nitrogen and oxygen atoms in total. The summed E-state index contributed by atoms with van der Waals surface area (Å²) in [5.74, 6) is -0.338. The van der Waals surface area contributed by atoms with Gasteiger partial charge in [0.15, 0.2) is 0 Å². The third kappa shape index (κ3) is 25.0. The van der Waals surface area contributed by atoms with Crippen LogP contribution in [0.15, 0.2) is 0 Å². The van der Waals surface area contributed by atoms with Crippen molar-refractivity contribution < 1.29 is 32.8 Å². The molecule has 0 rings (SSSR count). The second-order valence-corrected chi connectivity index (χ2v) is 10.7. The first kappa shape index (κ1) is 34.5. The van der Waals surface area contributed by atoms with E-state index in [2.05, 4.69) is 13.8 Å². The van der Waals surface area contributed by atoms with E-state index in [-0.39, 0.29) is 32.3 Å². The molecule has 0 aliphatic heterocycles. The van der Waals surface area contributed by atoms with Crippen molar-refractivity contribution in [3.8, 4) is 0 Å². The van der Waals surface area contributed by atoms with Gasteiger partial charge in [0.25, 0.3) is 0 Å². The van der Waals surface area contributed by atoms with Gasteiger partial charge in [0.05, 0.1) is 19.8 Å². The number of esters is 1. The van der Waals surface area contributed by atoms with Crippen LogP contribution in [0.25, 0.3) is 0 Å². The molecule has 210 valence electrons. The number of ether oxygens (including phenoxy) is 2. The largest absolute Gasteiger partial charge is 0.472 e. The van der Waals surface area contributed by atoms with E-state index in [0.29, 0.717) is 13.0 Å². The Bertz CT molecular complexity index is 522. The minimum Gasteiger partial charge on any atom is -0.457 e. The number of carbonyl (C=O) groups excluding carboxylic acids is 1. The molecule has 9 heteroatoms. The molecule has 2 unspecified atom stereocenters. The summed E-state index contributed by atoms with van der Waals surface area (Å²) in [7, 11) is -4.24. The van der Waals surface area contributed by atoms with Gasteiger partial charge in [0.1, 0.15) is 6.10 Å². The van der Waals surface area contributed by atoms with Crippen LogP contribution in [0.3, 0.4) is 0 Å². The zero-order chi connectivity index (χ0) is 26.0. The first-order chi connectivity index (χ1) is 16.9. The lowest BCUT2D eigenvalue weighted by molar-refractivity contribution is -0.154. The fraction of sp³-hybridized carbons (Fsp3) is 0.962. The maximum absolute atomic E-state index is 12.3. The lowest BCUT2D eigenvalue weighted by Gasteiger charge is -2.20. The Kier molecular flexibility index (Phi) is 24.8. The van der Waals surface area contributed by atoms with E-state index in [0.717, 1.165) is 32.1 Å². The third-order valence-corrected chi connectivity index (χ3v) is 6.76. The van der Waals surface area contributed by atoms with Crippen LogP contribution >= 0.6 is 7.82 Å².